The Balaban J connectivity index is 2.08. The maximum Gasteiger partial charge on any atom is 0.251 e. The lowest BCUT2D eigenvalue weighted by Gasteiger charge is -2.29. The predicted octanol–water partition coefficient (Wildman–Crippen LogP) is 2.98. The largest absolute Gasteiger partial charge is 0.494 e. The summed E-state index contributed by atoms with van der Waals surface area (Å²) in [5, 5.41) is 3.13. The minimum atomic E-state index is -0.0583. The molecular weight excluding hydrogens is 252 g/mol. The number of benzene rings is 1. The zero-order chi connectivity index (χ0) is 14.5. The fourth-order valence-corrected chi connectivity index (χ4v) is 2.79. The Kier molecular flexibility index (Phi) is 4.88. The van der Waals surface area contributed by atoms with Crippen LogP contribution in [0.3, 0.4) is 0 Å². The highest BCUT2D eigenvalue weighted by atomic mass is 16.5. The minimum Gasteiger partial charge on any atom is -0.494 e. The average molecular weight is 276 g/mol. The van der Waals surface area contributed by atoms with E-state index in [2.05, 4.69) is 12.2 Å². The lowest BCUT2D eigenvalue weighted by Crippen LogP contribution is -2.41. The van der Waals surface area contributed by atoms with E-state index in [1.165, 1.54) is 19.3 Å². The standard InChI is InChI=1S/C16H24N2O2/c1-3-20-14-9-12(8-13(17)10-14)16(19)18-15-7-5-4-6-11(15)2/h8-11,15H,3-7,17H2,1-2H3,(H,18,19). The van der Waals surface area contributed by atoms with E-state index in [0.29, 0.717) is 29.5 Å². The van der Waals surface area contributed by atoms with Crippen LogP contribution >= 0.6 is 0 Å². The summed E-state index contributed by atoms with van der Waals surface area (Å²) < 4.78 is 5.43. The van der Waals surface area contributed by atoms with Gasteiger partial charge in [-0.15, -0.1) is 0 Å². The fourth-order valence-electron chi connectivity index (χ4n) is 2.79. The molecule has 0 heterocycles. The van der Waals surface area contributed by atoms with Crippen molar-refractivity contribution in [3.05, 3.63) is 23.8 Å². The van der Waals surface area contributed by atoms with Gasteiger partial charge in [-0.25, -0.2) is 0 Å². The second kappa shape index (κ2) is 6.64. The van der Waals surface area contributed by atoms with Crippen LogP contribution in [0.25, 0.3) is 0 Å². The smallest absolute Gasteiger partial charge is 0.251 e. The molecule has 0 bridgehead atoms. The first-order chi connectivity index (χ1) is 9.60. The van der Waals surface area contributed by atoms with Gasteiger partial charge in [-0.1, -0.05) is 19.8 Å². The van der Waals surface area contributed by atoms with E-state index in [1.807, 2.05) is 6.92 Å². The van der Waals surface area contributed by atoms with Crippen LogP contribution in [0, 0.1) is 5.92 Å². The normalized spacial score (nSPS) is 22.3. The molecule has 20 heavy (non-hydrogen) atoms. The second-order valence-corrected chi connectivity index (χ2v) is 5.57. The number of hydrogen-bond donors (Lipinski definition) is 2. The number of nitrogen functional groups attached to an aromatic ring is 1. The molecule has 0 saturated heterocycles. The van der Waals surface area contributed by atoms with Crippen molar-refractivity contribution in [2.45, 2.75) is 45.6 Å². The summed E-state index contributed by atoms with van der Waals surface area (Å²) in [6, 6.07) is 5.46. The second-order valence-electron chi connectivity index (χ2n) is 5.57. The molecule has 2 unspecified atom stereocenters. The highest BCUT2D eigenvalue weighted by Crippen LogP contribution is 2.25. The van der Waals surface area contributed by atoms with Gasteiger partial charge in [0.15, 0.2) is 0 Å². The van der Waals surface area contributed by atoms with Crippen LogP contribution in [0.4, 0.5) is 5.69 Å². The molecule has 0 radical (unpaired) electrons. The summed E-state index contributed by atoms with van der Waals surface area (Å²) in [7, 11) is 0. The van der Waals surface area contributed by atoms with Gasteiger partial charge >= 0.3 is 0 Å². The third-order valence-corrected chi connectivity index (χ3v) is 3.93. The summed E-state index contributed by atoms with van der Waals surface area (Å²) in [5.41, 5.74) is 6.96. The van der Waals surface area contributed by atoms with E-state index in [4.69, 9.17) is 10.5 Å². The molecule has 1 fully saturated rings. The number of carbonyl (C=O) groups excluding carboxylic acids is 1. The first-order valence-electron chi connectivity index (χ1n) is 7.44. The number of amides is 1. The fraction of sp³-hybridized carbons (Fsp3) is 0.562. The van der Waals surface area contributed by atoms with Gasteiger partial charge in [0.05, 0.1) is 6.61 Å². The molecule has 2 atom stereocenters. The lowest BCUT2D eigenvalue weighted by atomic mass is 9.86. The summed E-state index contributed by atoms with van der Waals surface area (Å²) >= 11 is 0. The Morgan fingerprint density at radius 3 is 2.80 bits per heavy atom. The van der Waals surface area contributed by atoms with Crippen molar-refractivity contribution in [1.29, 1.82) is 0 Å². The van der Waals surface area contributed by atoms with E-state index in [9.17, 15) is 4.79 Å². The van der Waals surface area contributed by atoms with Crippen LogP contribution < -0.4 is 15.8 Å². The molecule has 4 heteroatoms. The van der Waals surface area contributed by atoms with Gasteiger partial charge in [-0.3, -0.25) is 4.79 Å². The number of rotatable bonds is 4. The van der Waals surface area contributed by atoms with E-state index in [1.54, 1.807) is 18.2 Å². The zero-order valence-electron chi connectivity index (χ0n) is 12.3. The van der Waals surface area contributed by atoms with Gasteiger partial charge in [0.25, 0.3) is 5.91 Å². The van der Waals surface area contributed by atoms with E-state index in [-0.39, 0.29) is 11.9 Å². The third-order valence-electron chi connectivity index (χ3n) is 3.93. The van der Waals surface area contributed by atoms with E-state index < -0.39 is 0 Å². The van der Waals surface area contributed by atoms with Gasteiger partial charge in [0.1, 0.15) is 5.75 Å². The minimum absolute atomic E-state index is 0.0583. The number of ether oxygens (including phenoxy) is 1. The Morgan fingerprint density at radius 2 is 2.10 bits per heavy atom. The van der Waals surface area contributed by atoms with Crippen molar-refractivity contribution in [2.75, 3.05) is 12.3 Å². The average Bonchev–Trinajstić information content (AvgIpc) is 2.41. The lowest BCUT2D eigenvalue weighted by molar-refractivity contribution is 0.0910. The molecule has 1 aliphatic rings. The van der Waals surface area contributed by atoms with Crippen molar-refractivity contribution >= 4 is 11.6 Å². The zero-order valence-corrected chi connectivity index (χ0v) is 12.3. The third kappa shape index (κ3) is 3.65. The SMILES string of the molecule is CCOc1cc(N)cc(C(=O)NC2CCCCC2C)c1. The molecule has 1 aromatic carbocycles. The maximum absolute atomic E-state index is 12.3. The first-order valence-corrected chi connectivity index (χ1v) is 7.44. The molecule has 1 amide bonds. The number of anilines is 1. The summed E-state index contributed by atoms with van der Waals surface area (Å²) in [6.45, 7) is 4.67. The quantitative estimate of drug-likeness (QED) is 0.831. The maximum atomic E-state index is 12.3. The molecule has 1 aliphatic carbocycles. The Bertz CT molecular complexity index is 474. The number of hydrogen-bond acceptors (Lipinski definition) is 3. The Labute approximate surface area is 120 Å². The van der Waals surface area contributed by atoms with Crippen LogP contribution in [-0.4, -0.2) is 18.6 Å². The number of nitrogens with one attached hydrogen (secondary N) is 1. The van der Waals surface area contributed by atoms with E-state index in [0.717, 1.165) is 6.42 Å². The summed E-state index contributed by atoms with van der Waals surface area (Å²) in [4.78, 5) is 12.3. The molecule has 4 nitrogen and oxygen atoms in total. The first kappa shape index (κ1) is 14.7. The van der Waals surface area contributed by atoms with Crippen LogP contribution in [-0.2, 0) is 0 Å². The molecule has 0 aromatic heterocycles. The monoisotopic (exact) mass is 276 g/mol. The van der Waals surface area contributed by atoms with Crippen molar-refractivity contribution < 1.29 is 9.53 Å². The van der Waals surface area contributed by atoms with Crippen LogP contribution in [0.15, 0.2) is 18.2 Å². The molecular formula is C16H24N2O2. The van der Waals surface area contributed by atoms with Gasteiger partial charge < -0.3 is 15.8 Å². The van der Waals surface area contributed by atoms with Gasteiger partial charge in [0.2, 0.25) is 0 Å². The van der Waals surface area contributed by atoms with Crippen LogP contribution in [0.1, 0.15) is 49.9 Å². The molecule has 1 aromatic rings. The number of carbonyl (C=O) groups is 1. The summed E-state index contributed by atoms with van der Waals surface area (Å²) in [6.07, 6.45) is 4.70. The molecule has 1 saturated carbocycles. The predicted molar refractivity (Wildman–Crippen MR) is 80.9 cm³/mol. The Hall–Kier alpha value is -1.71. The molecule has 2 rings (SSSR count). The van der Waals surface area contributed by atoms with Crippen molar-refractivity contribution in [1.82, 2.24) is 5.32 Å². The highest BCUT2D eigenvalue weighted by Gasteiger charge is 2.23. The van der Waals surface area contributed by atoms with Gasteiger partial charge in [-0.05, 0) is 37.8 Å². The molecule has 0 aliphatic heterocycles. The topological polar surface area (TPSA) is 64.3 Å². The molecule has 110 valence electrons. The van der Waals surface area contributed by atoms with Gasteiger partial charge in [0, 0.05) is 23.4 Å². The van der Waals surface area contributed by atoms with Crippen molar-refractivity contribution in [3.63, 3.8) is 0 Å². The highest BCUT2D eigenvalue weighted by molar-refractivity contribution is 5.95. The molecule has 3 N–H and O–H groups in total. The van der Waals surface area contributed by atoms with Crippen molar-refractivity contribution in [3.8, 4) is 5.75 Å². The van der Waals surface area contributed by atoms with Crippen LogP contribution in [0.2, 0.25) is 0 Å². The van der Waals surface area contributed by atoms with Gasteiger partial charge in [-0.2, -0.15) is 0 Å². The van der Waals surface area contributed by atoms with Crippen molar-refractivity contribution in [2.24, 2.45) is 5.92 Å². The van der Waals surface area contributed by atoms with E-state index >= 15 is 0 Å². The Morgan fingerprint density at radius 1 is 1.35 bits per heavy atom. The summed E-state index contributed by atoms with van der Waals surface area (Å²) in [5.74, 6) is 1.13. The van der Waals surface area contributed by atoms with Crippen LogP contribution in [0.5, 0.6) is 5.75 Å². The number of nitrogens with two attached hydrogens (primary N) is 1. The molecule has 0 spiro atoms.